The number of rotatable bonds is 10. The van der Waals surface area contributed by atoms with Gasteiger partial charge in [-0.25, -0.2) is 0 Å². The fourth-order valence-electron chi connectivity index (χ4n) is 6.84. The van der Waals surface area contributed by atoms with Gasteiger partial charge in [0.1, 0.15) is 17.2 Å². The molecule has 4 saturated carbocycles. The lowest BCUT2D eigenvalue weighted by Gasteiger charge is -2.52. The zero-order valence-electron chi connectivity index (χ0n) is 23.4. The summed E-state index contributed by atoms with van der Waals surface area (Å²) in [6.07, 6.45) is 15.9. The molecule has 0 unspecified atom stereocenters. The van der Waals surface area contributed by atoms with E-state index in [1.54, 1.807) is 12.4 Å². The van der Waals surface area contributed by atoms with Crippen molar-refractivity contribution in [3.05, 3.63) is 69.8 Å². The lowest BCUT2D eigenvalue weighted by atomic mass is 9.59. The highest BCUT2D eigenvalue weighted by molar-refractivity contribution is 6.38. The summed E-state index contributed by atoms with van der Waals surface area (Å²) in [5.41, 5.74) is 4.80. The largest absolute Gasteiger partial charge is 0.493 e. The number of fused-ring (bicyclic) bond motifs is 4. The zero-order chi connectivity index (χ0) is 28.0. The molecule has 4 aromatic rings. The van der Waals surface area contributed by atoms with Crippen LogP contribution in [0.25, 0.3) is 22.2 Å². The van der Waals surface area contributed by atoms with Gasteiger partial charge < -0.3 is 14.0 Å². The number of benzene rings is 1. The number of hydrogen-bond donors (Lipinski definition) is 0. The van der Waals surface area contributed by atoms with Crippen LogP contribution in [0.15, 0.2) is 47.4 Å². The van der Waals surface area contributed by atoms with Gasteiger partial charge in [0.05, 0.1) is 34.4 Å². The van der Waals surface area contributed by atoms with E-state index in [0.717, 1.165) is 93.4 Å². The minimum atomic E-state index is -0.118. The fraction of sp³-hybridized carbons (Fsp3) is 0.485. The molecule has 3 aromatic heterocycles. The fourth-order valence-corrected chi connectivity index (χ4v) is 7.39. The van der Waals surface area contributed by atoms with Crippen LogP contribution in [0, 0.1) is 5.41 Å². The van der Waals surface area contributed by atoms with Crippen molar-refractivity contribution in [1.29, 1.82) is 0 Å². The molecule has 0 spiro atoms. The highest BCUT2D eigenvalue weighted by Crippen LogP contribution is 2.55. The topological polar surface area (TPSA) is 70.3 Å². The maximum absolute atomic E-state index is 6.81. The summed E-state index contributed by atoms with van der Waals surface area (Å²) >= 11 is 13.0. The molecule has 8 rings (SSSR count). The molecule has 8 heteroatoms. The number of aromatic nitrogens is 3. The van der Waals surface area contributed by atoms with E-state index >= 15 is 0 Å². The monoisotopic (exact) mass is 591 g/mol. The summed E-state index contributed by atoms with van der Waals surface area (Å²) in [6, 6.07) is 8.46. The maximum Gasteiger partial charge on any atom is 0.145 e. The van der Waals surface area contributed by atoms with E-state index in [-0.39, 0.29) is 11.0 Å². The molecule has 0 radical (unpaired) electrons. The Bertz CT molecular complexity index is 1540. The Morgan fingerprint density at radius 2 is 1.76 bits per heavy atom. The number of hydrogen-bond acceptors (Lipinski definition) is 6. The molecule has 0 N–H and O–H groups in total. The molecule has 0 aliphatic heterocycles. The van der Waals surface area contributed by atoms with Crippen LogP contribution in [0.2, 0.25) is 10.0 Å². The van der Waals surface area contributed by atoms with Gasteiger partial charge >= 0.3 is 0 Å². The van der Waals surface area contributed by atoms with E-state index in [4.69, 9.17) is 37.2 Å². The number of aryl methyl sites for hydroxylation is 1. The molecule has 214 valence electrons. The molecule has 0 atom stereocenters. The highest BCUT2D eigenvalue weighted by Gasteiger charge is 2.50. The lowest BCUT2D eigenvalue weighted by molar-refractivity contribution is -0.150. The standard InChI is InChI=1S/C33H35Cl2N3O3/c1-2-3-21-8-15-37-28-7-6-23(16-24(21)28)39-20-32-9-12-33(13-10-32,14-11-32)40-19-25-30(38-41-31(25)22-4-5-22)29-26(34)17-36-18-27(29)35/h6-8,15-18,22H,2-5,9-14,19-20H2,1H3. The van der Waals surface area contributed by atoms with E-state index in [0.29, 0.717) is 33.8 Å². The minimum absolute atomic E-state index is 0.118. The van der Waals surface area contributed by atoms with Gasteiger partial charge in [-0.2, -0.15) is 0 Å². The first kappa shape index (κ1) is 27.2. The SMILES string of the molecule is CCCc1ccnc2ccc(OCC34CCC(OCc5c(-c6c(Cl)cncc6Cl)noc5C5CC5)(CC3)CC4)cc12. The molecule has 3 heterocycles. The highest BCUT2D eigenvalue weighted by atomic mass is 35.5. The summed E-state index contributed by atoms with van der Waals surface area (Å²) in [4.78, 5) is 8.65. The van der Waals surface area contributed by atoms with E-state index in [1.165, 1.54) is 10.9 Å². The molecule has 4 aliphatic rings. The van der Waals surface area contributed by atoms with Crippen LogP contribution in [-0.4, -0.2) is 27.3 Å². The van der Waals surface area contributed by atoms with Crippen molar-refractivity contribution >= 4 is 34.1 Å². The normalized spacial score (nSPS) is 23.8. The Balaban J connectivity index is 1.03. The molecule has 1 aromatic carbocycles. The Morgan fingerprint density at radius 3 is 2.46 bits per heavy atom. The third kappa shape index (κ3) is 5.24. The van der Waals surface area contributed by atoms with Crippen LogP contribution in [0.5, 0.6) is 5.75 Å². The van der Waals surface area contributed by atoms with E-state index in [1.807, 2.05) is 6.20 Å². The van der Waals surface area contributed by atoms with Gasteiger partial charge in [-0.1, -0.05) is 41.7 Å². The van der Waals surface area contributed by atoms with Crippen molar-refractivity contribution in [3.8, 4) is 17.0 Å². The predicted molar refractivity (Wildman–Crippen MR) is 161 cm³/mol. The predicted octanol–water partition coefficient (Wildman–Crippen LogP) is 9.11. The summed E-state index contributed by atoms with van der Waals surface area (Å²) in [6.45, 7) is 3.41. The van der Waals surface area contributed by atoms with Crippen LogP contribution in [0.3, 0.4) is 0 Å². The van der Waals surface area contributed by atoms with Gasteiger partial charge in [0.25, 0.3) is 0 Å². The average molecular weight is 593 g/mol. The second-order valence-electron chi connectivity index (χ2n) is 12.3. The summed E-state index contributed by atoms with van der Waals surface area (Å²) in [5.74, 6) is 2.26. The molecule has 4 fully saturated rings. The van der Waals surface area contributed by atoms with Crippen LogP contribution in [0.1, 0.15) is 87.5 Å². The Kier molecular flexibility index (Phi) is 7.21. The van der Waals surface area contributed by atoms with Crippen molar-refractivity contribution in [1.82, 2.24) is 15.1 Å². The van der Waals surface area contributed by atoms with Crippen molar-refractivity contribution in [2.24, 2.45) is 5.41 Å². The van der Waals surface area contributed by atoms with Crippen molar-refractivity contribution < 1.29 is 14.0 Å². The molecular formula is C33H35Cl2N3O3. The summed E-state index contributed by atoms with van der Waals surface area (Å²) in [7, 11) is 0. The van der Waals surface area contributed by atoms with E-state index in [9.17, 15) is 0 Å². The number of halogens is 2. The second kappa shape index (κ2) is 10.9. The number of pyridine rings is 2. The van der Waals surface area contributed by atoms with Crippen LogP contribution >= 0.6 is 23.2 Å². The molecule has 0 amide bonds. The van der Waals surface area contributed by atoms with E-state index < -0.39 is 0 Å². The first-order valence-corrected chi connectivity index (χ1v) is 15.7. The summed E-state index contributed by atoms with van der Waals surface area (Å²) in [5, 5.41) is 6.56. The van der Waals surface area contributed by atoms with Gasteiger partial charge in [0.15, 0.2) is 0 Å². The van der Waals surface area contributed by atoms with Gasteiger partial charge in [0, 0.05) is 46.4 Å². The maximum atomic E-state index is 6.81. The van der Waals surface area contributed by atoms with Gasteiger partial charge in [-0.05, 0) is 87.6 Å². The van der Waals surface area contributed by atoms with Crippen molar-refractivity contribution in [2.75, 3.05) is 6.61 Å². The quantitative estimate of drug-likeness (QED) is 0.183. The third-order valence-corrected chi connectivity index (χ3v) is 10.2. The Morgan fingerprint density at radius 1 is 1.00 bits per heavy atom. The average Bonchev–Trinajstić information content (AvgIpc) is 3.76. The van der Waals surface area contributed by atoms with Crippen molar-refractivity contribution in [3.63, 3.8) is 0 Å². The molecule has 4 aliphatic carbocycles. The van der Waals surface area contributed by atoms with Crippen LogP contribution < -0.4 is 4.74 Å². The van der Waals surface area contributed by atoms with Gasteiger partial charge in [0.2, 0.25) is 0 Å². The van der Waals surface area contributed by atoms with Crippen LogP contribution in [-0.2, 0) is 17.8 Å². The van der Waals surface area contributed by atoms with Gasteiger partial charge in [-0.3, -0.25) is 9.97 Å². The van der Waals surface area contributed by atoms with E-state index in [2.05, 4.69) is 46.3 Å². The molecule has 0 saturated heterocycles. The van der Waals surface area contributed by atoms with Gasteiger partial charge in [-0.15, -0.1) is 0 Å². The smallest absolute Gasteiger partial charge is 0.145 e. The molecule has 41 heavy (non-hydrogen) atoms. The second-order valence-corrected chi connectivity index (χ2v) is 13.1. The molecule has 2 bridgehead atoms. The molecular weight excluding hydrogens is 557 g/mol. The third-order valence-electron chi connectivity index (χ3n) is 9.58. The number of nitrogens with zero attached hydrogens (tertiary/aromatic N) is 3. The Hall–Kier alpha value is -2.67. The summed E-state index contributed by atoms with van der Waals surface area (Å²) < 4.78 is 19.1. The first-order chi connectivity index (χ1) is 20.0. The Labute approximate surface area is 250 Å². The zero-order valence-corrected chi connectivity index (χ0v) is 24.9. The van der Waals surface area contributed by atoms with Crippen LogP contribution in [0.4, 0.5) is 0 Å². The minimum Gasteiger partial charge on any atom is -0.493 e. The molecule has 6 nitrogen and oxygen atoms in total. The number of ether oxygens (including phenoxy) is 2. The lowest BCUT2D eigenvalue weighted by Crippen LogP contribution is -2.49. The van der Waals surface area contributed by atoms with Crippen molar-refractivity contribution in [2.45, 2.75) is 89.3 Å². The first-order valence-electron chi connectivity index (χ1n) is 14.9.